The number of aryl methyl sites for hydroxylation is 3. The Morgan fingerprint density at radius 2 is 1.81 bits per heavy atom. The van der Waals surface area contributed by atoms with Crippen LogP contribution in [-0.2, 0) is 11.2 Å². The summed E-state index contributed by atoms with van der Waals surface area (Å²) in [7, 11) is 0. The van der Waals surface area contributed by atoms with Crippen LogP contribution < -0.4 is 11.1 Å². The van der Waals surface area contributed by atoms with Crippen molar-refractivity contribution in [1.29, 1.82) is 0 Å². The highest BCUT2D eigenvalue weighted by atomic mass is 79.9. The minimum absolute atomic E-state index is 0.00627. The summed E-state index contributed by atoms with van der Waals surface area (Å²) >= 11 is 3.46. The fourth-order valence-corrected chi connectivity index (χ4v) is 3.01. The number of carbonyl (C=O) groups is 1. The van der Waals surface area contributed by atoms with Crippen molar-refractivity contribution in [3.63, 3.8) is 0 Å². The predicted octanol–water partition coefficient (Wildman–Crippen LogP) is 4.22. The van der Waals surface area contributed by atoms with Crippen LogP contribution in [0.25, 0.3) is 0 Å². The van der Waals surface area contributed by atoms with Crippen molar-refractivity contribution in [3.05, 3.63) is 57.6 Å². The van der Waals surface area contributed by atoms with Crippen molar-refractivity contribution in [2.75, 3.05) is 11.1 Å². The third-order valence-electron chi connectivity index (χ3n) is 3.44. The summed E-state index contributed by atoms with van der Waals surface area (Å²) in [5.41, 5.74) is 10.6. The van der Waals surface area contributed by atoms with Crippen molar-refractivity contribution < 1.29 is 4.79 Å². The van der Waals surface area contributed by atoms with Gasteiger partial charge in [0.1, 0.15) is 0 Å². The van der Waals surface area contributed by atoms with E-state index in [9.17, 15) is 4.79 Å². The minimum Gasteiger partial charge on any atom is -0.399 e. The zero-order valence-electron chi connectivity index (χ0n) is 12.2. The number of para-hydroxylation sites is 1. The second-order valence-corrected chi connectivity index (χ2v) is 6.08. The van der Waals surface area contributed by atoms with Crippen LogP contribution >= 0.6 is 15.9 Å². The van der Waals surface area contributed by atoms with Gasteiger partial charge in [0.2, 0.25) is 5.91 Å². The maximum atomic E-state index is 12.1. The zero-order valence-corrected chi connectivity index (χ0v) is 13.8. The summed E-state index contributed by atoms with van der Waals surface area (Å²) in [5.74, 6) is 0.00627. The van der Waals surface area contributed by atoms with Gasteiger partial charge in [-0.1, -0.05) is 34.1 Å². The Labute approximate surface area is 133 Å². The first kappa shape index (κ1) is 15.6. The molecular formula is C17H19BrN2O. The maximum absolute atomic E-state index is 12.1. The Balaban J connectivity index is 2.01. The van der Waals surface area contributed by atoms with Gasteiger partial charge in [-0.05, 0) is 55.2 Å². The average molecular weight is 347 g/mol. The quantitative estimate of drug-likeness (QED) is 0.814. The molecule has 2 rings (SSSR count). The van der Waals surface area contributed by atoms with Gasteiger partial charge >= 0.3 is 0 Å². The van der Waals surface area contributed by atoms with E-state index >= 15 is 0 Å². The Bertz CT molecular complexity index is 645. The first-order chi connectivity index (χ1) is 9.97. The molecule has 0 aliphatic carbocycles. The SMILES string of the molecule is Cc1cc(Br)cc(C)c1NC(=O)CCc1ccccc1N. The van der Waals surface area contributed by atoms with Crippen LogP contribution in [0.1, 0.15) is 23.1 Å². The molecule has 3 nitrogen and oxygen atoms in total. The lowest BCUT2D eigenvalue weighted by atomic mass is 10.1. The topological polar surface area (TPSA) is 55.1 Å². The van der Waals surface area contributed by atoms with E-state index in [2.05, 4.69) is 21.2 Å². The molecule has 110 valence electrons. The van der Waals surface area contributed by atoms with Crippen LogP contribution in [0, 0.1) is 13.8 Å². The molecule has 0 aromatic heterocycles. The standard InChI is InChI=1S/C17H19BrN2O/c1-11-9-14(18)10-12(2)17(11)20-16(21)8-7-13-5-3-4-6-15(13)19/h3-6,9-10H,7-8,19H2,1-2H3,(H,20,21). The lowest BCUT2D eigenvalue weighted by Crippen LogP contribution is -2.14. The zero-order chi connectivity index (χ0) is 15.4. The van der Waals surface area contributed by atoms with Gasteiger partial charge in [-0.15, -0.1) is 0 Å². The van der Waals surface area contributed by atoms with Gasteiger partial charge in [-0.2, -0.15) is 0 Å². The number of hydrogen-bond donors (Lipinski definition) is 2. The van der Waals surface area contributed by atoms with Crippen molar-refractivity contribution in [3.8, 4) is 0 Å². The molecule has 4 heteroatoms. The molecule has 3 N–H and O–H groups in total. The van der Waals surface area contributed by atoms with Crippen LogP contribution in [0.4, 0.5) is 11.4 Å². The Morgan fingerprint density at radius 1 is 1.19 bits per heavy atom. The highest BCUT2D eigenvalue weighted by Crippen LogP contribution is 2.25. The van der Waals surface area contributed by atoms with Crippen LogP contribution in [0.15, 0.2) is 40.9 Å². The van der Waals surface area contributed by atoms with Gasteiger partial charge in [0.15, 0.2) is 0 Å². The number of halogens is 1. The number of hydrogen-bond acceptors (Lipinski definition) is 2. The number of nitrogens with two attached hydrogens (primary N) is 1. The summed E-state index contributed by atoms with van der Waals surface area (Å²) in [5, 5.41) is 2.99. The molecule has 0 fully saturated rings. The van der Waals surface area contributed by atoms with Crippen LogP contribution in [0.5, 0.6) is 0 Å². The minimum atomic E-state index is 0.00627. The van der Waals surface area contributed by atoms with Crippen LogP contribution in [0.3, 0.4) is 0 Å². The third-order valence-corrected chi connectivity index (χ3v) is 3.90. The average Bonchev–Trinajstić information content (AvgIpc) is 2.42. The van der Waals surface area contributed by atoms with Crippen molar-refractivity contribution in [2.24, 2.45) is 0 Å². The van der Waals surface area contributed by atoms with E-state index in [1.54, 1.807) is 0 Å². The molecule has 0 heterocycles. The second-order valence-electron chi connectivity index (χ2n) is 5.16. The van der Waals surface area contributed by atoms with E-state index in [1.165, 1.54) is 0 Å². The number of carbonyl (C=O) groups excluding carboxylic acids is 1. The van der Waals surface area contributed by atoms with Gasteiger partial charge in [0.25, 0.3) is 0 Å². The third kappa shape index (κ3) is 4.08. The molecule has 0 atom stereocenters. The summed E-state index contributed by atoms with van der Waals surface area (Å²) in [4.78, 5) is 12.1. The molecule has 0 spiro atoms. The van der Waals surface area contributed by atoms with E-state index in [0.29, 0.717) is 12.8 Å². The highest BCUT2D eigenvalue weighted by Gasteiger charge is 2.09. The van der Waals surface area contributed by atoms with E-state index in [1.807, 2.05) is 50.2 Å². The number of benzene rings is 2. The van der Waals surface area contributed by atoms with Crippen molar-refractivity contribution in [1.82, 2.24) is 0 Å². The Kier molecular flexibility index (Phi) is 5.02. The maximum Gasteiger partial charge on any atom is 0.224 e. The fraction of sp³-hybridized carbons (Fsp3) is 0.235. The van der Waals surface area contributed by atoms with Gasteiger partial charge in [-0.25, -0.2) is 0 Å². The molecule has 2 aromatic rings. The Hall–Kier alpha value is -1.81. The molecule has 0 saturated carbocycles. The normalized spacial score (nSPS) is 10.4. The molecule has 0 radical (unpaired) electrons. The predicted molar refractivity (Wildman–Crippen MR) is 91.4 cm³/mol. The first-order valence-electron chi connectivity index (χ1n) is 6.87. The highest BCUT2D eigenvalue weighted by molar-refractivity contribution is 9.10. The summed E-state index contributed by atoms with van der Waals surface area (Å²) in [6, 6.07) is 11.6. The molecule has 0 aliphatic heterocycles. The van der Waals surface area contributed by atoms with Gasteiger partial charge in [0.05, 0.1) is 0 Å². The monoisotopic (exact) mass is 346 g/mol. The first-order valence-corrected chi connectivity index (χ1v) is 7.66. The van der Waals surface area contributed by atoms with Crippen molar-refractivity contribution >= 4 is 33.2 Å². The number of nitrogens with one attached hydrogen (secondary N) is 1. The molecule has 0 unspecified atom stereocenters. The number of anilines is 2. The molecule has 0 saturated heterocycles. The molecule has 0 aliphatic rings. The number of rotatable bonds is 4. The van der Waals surface area contributed by atoms with Crippen LogP contribution in [-0.4, -0.2) is 5.91 Å². The number of amides is 1. The molecule has 21 heavy (non-hydrogen) atoms. The van der Waals surface area contributed by atoms with Gasteiger partial charge in [-0.3, -0.25) is 4.79 Å². The lowest BCUT2D eigenvalue weighted by molar-refractivity contribution is -0.116. The molecule has 1 amide bonds. The number of nitrogen functional groups attached to an aromatic ring is 1. The second kappa shape index (κ2) is 6.76. The lowest BCUT2D eigenvalue weighted by Gasteiger charge is -2.12. The van der Waals surface area contributed by atoms with Gasteiger partial charge in [0, 0.05) is 22.3 Å². The van der Waals surface area contributed by atoms with Crippen LogP contribution in [0.2, 0.25) is 0 Å². The van der Waals surface area contributed by atoms with E-state index in [4.69, 9.17) is 5.73 Å². The summed E-state index contributed by atoms with van der Waals surface area (Å²) < 4.78 is 1.02. The largest absolute Gasteiger partial charge is 0.399 e. The van der Waals surface area contributed by atoms with Gasteiger partial charge < -0.3 is 11.1 Å². The summed E-state index contributed by atoms with van der Waals surface area (Å²) in [6.45, 7) is 3.98. The van der Waals surface area contributed by atoms with E-state index in [0.717, 1.165) is 32.5 Å². The van der Waals surface area contributed by atoms with Crippen molar-refractivity contribution in [2.45, 2.75) is 26.7 Å². The Morgan fingerprint density at radius 3 is 2.43 bits per heavy atom. The summed E-state index contributed by atoms with van der Waals surface area (Å²) in [6.07, 6.45) is 1.07. The molecule has 0 bridgehead atoms. The van der Waals surface area contributed by atoms with E-state index < -0.39 is 0 Å². The molecule has 2 aromatic carbocycles. The smallest absolute Gasteiger partial charge is 0.224 e. The van der Waals surface area contributed by atoms with E-state index in [-0.39, 0.29) is 5.91 Å². The molecular weight excluding hydrogens is 328 g/mol. The fourth-order valence-electron chi connectivity index (χ4n) is 2.32.